The van der Waals surface area contributed by atoms with Gasteiger partial charge in [0.2, 0.25) is 0 Å². The van der Waals surface area contributed by atoms with Gasteiger partial charge in [-0.1, -0.05) is 11.6 Å². The Labute approximate surface area is 87.8 Å². The Morgan fingerprint density at radius 3 is 2.57 bits per heavy atom. The number of rotatable bonds is 5. The van der Waals surface area contributed by atoms with Gasteiger partial charge in [-0.15, -0.1) is 0 Å². The molecule has 0 bridgehead atoms. The van der Waals surface area contributed by atoms with Crippen LogP contribution in [0.25, 0.3) is 0 Å². The molecule has 3 nitrogen and oxygen atoms in total. The van der Waals surface area contributed by atoms with Gasteiger partial charge in [0.15, 0.2) is 5.78 Å². The maximum absolute atomic E-state index is 11.4. The lowest BCUT2D eigenvalue weighted by Crippen LogP contribution is -2.14. The second-order valence-corrected chi connectivity index (χ2v) is 3.21. The second-order valence-electron chi connectivity index (χ2n) is 2.77. The summed E-state index contributed by atoms with van der Waals surface area (Å²) >= 11 is 5.68. The number of hydrogen-bond acceptors (Lipinski definition) is 3. The average molecular weight is 214 g/mol. The van der Waals surface area contributed by atoms with E-state index in [-0.39, 0.29) is 12.4 Å². The molecule has 0 radical (unpaired) electrons. The third-order valence-electron chi connectivity index (χ3n) is 1.66. The first kappa shape index (κ1) is 11.2. The van der Waals surface area contributed by atoms with Gasteiger partial charge in [0.25, 0.3) is 0 Å². The van der Waals surface area contributed by atoms with Crippen LogP contribution in [0.4, 0.5) is 0 Å². The van der Waals surface area contributed by atoms with Gasteiger partial charge in [-0.2, -0.15) is 0 Å². The van der Waals surface area contributed by atoms with Gasteiger partial charge in [-0.3, -0.25) is 4.79 Å². The number of carbonyl (C=O) groups excluding carboxylic acids is 1. The molecule has 0 unspecified atom stereocenters. The molecule has 0 fully saturated rings. The minimum atomic E-state index is -0.0601. The molecule has 0 amide bonds. The molecule has 4 heteroatoms. The molecule has 1 aromatic rings. The molecule has 0 aliphatic rings. The Bertz CT molecular complexity index is 297. The summed E-state index contributed by atoms with van der Waals surface area (Å²) in [5, 5.41) is 0.615. The van der Waals surface area contributed by atoms with Crippen molar-refractivity contribution in [2.75, 3.05) is 19.8 Å². The number of nitrogens with two attached hydrogens (primary N) is 1. The van der Waals surface area contributed by atoms with Crippen molar-refractivity contribution in [3.63, 3.8) is 0 Å². The average Bonchev–Trinajstić information content (AvgIpc) is 2.19. The van der Waals surface area contributed by atoms with E-state index in [1.165, 1.54) is 0 Å². The van der Waals surface area contributed by atoms with Crippen molar-refractivity contribution >= 4 is 17.4 Å². The third-order valence-corrected chi connectivity index (χ3v) is 1.91. The molecular formula is C10H12ClNO2. The number of hydrogen-bond donors (Lipinski definition) is 1. The third kappa shape index (κ3) is 3.46. The van der Waals surface area contributed by atoms with Gasteiger partial charge >= 0.3 is 0 Å². The molecule has 2 N–H and O–H groups in total. The first-order valence-corrected chi connectivity index (χ1v) is 4.68. The molecule has 1 aromatic carbocycles. The van der Waals surface area contributed by atoms with Crippen molar-refractivity contribution in [1.29, 1.82) is 0 Å². The first-order valence-electron chi connectivity index (χ1n) is 4.30. The van der Waals surface area contributed by atoms with Crippen molar-refractivity contribution in [1.82, 2.24) is 0 Å². The van der Waals surface area contributed by atoms with Crippen molar-refractivity contribution in [3.8, 4) is 0 Å². The lowest BCUT2D eigenvalue weighted by atomic mass is 10.1. The first-order chi connectivity index (χ1) is 6.74. The van der Waals surface area contributed by atoms with E-state index in [0.717, 1.165) is 0 Å². The summed E-state index contributed by atoms with van der Waals surface area (Å²) in [6.45, 7) is 0.895. The SMILES string of the molecule is NCCOCC(=O)c1ccc(Cl)cc1. The number of benzene rings is 1. The Kier molecular flexibility index (Phi) is 4.59. The zero-order chi connectivity index (χ0) is 10.4. The van der Waals surface area contributed by atoms with E-state index in [1.807, 2.05) is 0 Å². The summed E-state index contributed by atoms with van der Waals surface area (Å²) < 4.78 is 5.02. The molecule has 0 aromatic heterocycles. The normalized spacial score (nSPS) is 10.1. The van der Waals surface area contributed by atoms with Crippen molar-refractivity contribution in [3.05, 3.63) is 34.9 Å². The number of Topliss-reactive ketones (excluding diaryl/α,β-unsaturated/α-hetero) is 1. The molecule has 0 saturated carbocycles. The molecule has 0 spiro atoms. The van der Waals surface area contributed by atoms with E-state index in [1.54, 1.807) is 24.3 Å². The summed E-state index contributed by atoms with van der Waals surface area (Å²) in [6, 6.07) is 6.71. The Hall–Kier alpha value is -0.900. The van der Waals surface area contributed by atoms with Crippen LogP contribution in [-0.4, -0.2) is 25.5 Å². The Morgan fingerprint density at radius 2 is 2.00 bits per heavy atom. The van der Waals surface area contributed by atoms with Crippen LogP contribution in [0, 0.1) is 0 Å². The van der Waals surface area contributed by atoms with Crippen molar-refractivity contribution in [2.45, 2.75) is 0 Å². The minimum Gasteiger partial charge on any atom is -0.372 e. The molecule has 0 aliphatic heterocycles. The van der Waals surface area contributed by atoms with Crippen LogP contribution in [-0.2, 0) is 4.74 Å². The molecule has 0 heterocycles. The summed E-state index contributed by atoms with van der Waals surface area (Å²) in [5.74, 6) is -0.0601. The molecule has 1 rings (SSSR count). The van der Waals surface area contributed by atoms with E-state index >= 15 is 0 Å². The summed E-state index contributed by atoms with van der Waals surface area (Å²) in [7, 11) is 0. The van der Waals surface area contributed by atoms with E-state index in [9.17, 15) is 4.79 Å². The molecule has 76 valence electrons. The lowest BCUT2D eigenvalue weighted by Gasteiger charge is -2.01. The van der Waals surface area contributed by atoms with Crippen LogP contribution in [0.2, 0.25) is 5.02 Å². The molecule has 0 saturated heterocycles. The fourth-order valence-electron chi connectivity index (χ4n) is 0.967. The molecular weight excluding hydrogens is 202 g/mol. The predicted octanol–water partition coefficient (Wildman–Crippen LogP) is 1.50. The second kappa shape index (κ2) is 5.75. The fraction of sp³-hybridized carbons (Fsp3) is 0.300. The summed E-state index contributed by atoms with van der Waals surface area (Å²) in [6.07, 6.45) is 0. The number of carbonyl (C=O) groups is 1. The monoisotopic (exact) mass is 213 g/mol. The van der Waals surface area contributed by atoms with E-state index in [2.05, 4.69) is 0 Å². The highest BCUT2D eigenvalue weighted by Crippen LogP contribution is 2.09. The standard InChI is InChI=1S/C10H12ClNO2/c11-9-3-1-8(2-4-9)10(13)7-14-6-5-12/h1-4H,5-7,12H2. The zero-order valence-corrected chi connectivity index (χ0v) is 8.46. The van der Waals surface area contributed by atoms with Crippen LogP contribution < -0.4 is 5.73 Å². The highest BCUT2D eigenvalue weighted by atomic mass is 35.5. The van der Waals surface area contributed by atoms with Gasteiger partial charge in [0.05, 0.1) is 6.61 Å². The van der Waals surface area contributed by atoms with E-state index in [0.29, 0.717) is 23.7 Å². The maximum atomic E-state index is 11.4. The molecule has 0 atom stereocenters. The smallest absolute Gasteiger partial charge is 0.188 e. The van der Waals surface area contributed by atoms with Gasteiger partial charge in [-0.05, 0) is 24.3 Å². The van der Waals surface area contributed by atoms with Gasteiger partial charge < -0.3 is 10.5 Å². The topological polar surface area (TPSA) is 52.3 Å². The van der Waals surface area contributed by atoms with Crippen molar-refractivity contribution < 1.29 is 9.53 Å². The summed E-state index contributed by atoms with van der Waals surface area (Å²) in [5.41, 5.74) is 5.82. The zero-order valence-electron chi connectivity index (χ0n) is 7.70. The maximum Gasteiger partial charge on any atom is 0.188 e. The van der Waals surface area contributed by atoms with Gasteiger partial charge in [-0.25, -0.2) is 0 Å². The number of ether oxygens (including phenoxy) is 1. The number of ketones is 1. The van der Waals surface area contributed by atoms with Crippen LogP contribution >= 0.6 is 11.6 Å². The molecule has 14 heavy (non-hydrogen) atoms. The highest BCUT2D eigenvalue weighted by Gasteiger charge is 2.04. The van der Waals surface area contributed by atoms with Crippen LogP contribution in [0.15, 0.2) is 24.3 Å². The largest absolute Gasteiger partial charge is 0.372 e. The number of halogens is 1. The van der Waals surface area contributed by atoms with Gasteiger partial charge in [0.1, 0.15) is 6.61 Å². The summed E-state index contributed by atoms with van der Waals surface area (Å²) in [4.78, 5) is 11.4. The fourth-order valence-corrected chi connectivity index (χ4v) is 1.09. The van der Waals surface area contributed by atoms with Crippen LogP contribution in [0.5, 0.6) is 0 Å². The Morgan fingerprint density at radius 1 is 1.36 bits per heavy atom. The van der Waals surface area contributed by atoms with Crippen LogP contribution in [0.3, 0.4) is 0 Å². The van der Waals surface area contributed by atoms with E-state index < -0.39 is 0 Å². The minimum absolute atomic E-state index is 0.0601. The quantitative estimate of drug-likeness (QED) is 0.596. The van der Waals surface area contributed by atoms with E-state index in [4.69, 9.17) is 22.1 Å². The van der Waals surface area contributed by atoms with Gasteiger partial charge in [0, 0.05) is 17.1 Å². The predicted molar refractivity (Wildman–Crippen MR) is 55.7 cm³/mol. The lowest BCUT2D eigenvalue weighted by molar-refractivity contribution is 0.0774. The highest BCUT2D eigenvalue weighted by molar-refractivity contribution is 6.30. The Balaban J connectivity index is 2.48. The van der Waals surface area contributed by atoms with Crippen LogP contribution in [0.1, 0.15) is 10.4 Å². The molecule has 0 aliphatic carbocycles. The van der Waals surface area contributed by atoms with Crippen molar-refractivity contribution in [2.24, 2.45) is 5.73 Å².